The van der Waals surface area contributed by atoms with Crippen molar-refractivity contribution in [3.05, 3.63) is 30.0 Å². The molecule has 2 rings (SSSR count). The molecule has 0 amide bonds. The summed E-state index contributed by atoms with van der Waals surface area (Å²) in [6, 6.07) is 7.71. The van der Waals surface area contributed by atoms with E-state index in [2.05, 4.69) is 4.98 Å². The summed E-state index contributed by atoms with van der Waals surface area (Å²) in [4.78, 5) is 15.2. The third kappa shape index (κ3) is 3.55. The summed E-state index contributed by atoms with van der Waals surface area (Å²) in [7, 11) is 1.62. The predicted octanol–water partition coefficient (Wildman–Crippen LogP) is -0.460. The molecular formula is C14H16ClNO3S. The number of thioether (sulfide) groups is 1. The molecule has 1 heterocycles. The van der Waals surface area contributed by atoms with Crippen molar-refractivity contribution in [1.82, 2.24) is 0 Å². The molecule has 0 aliphatic rings. The lowest BCUT2D eigenvalue weighted by molar-refractivity contribution is -0.355. The van der Waals surface area contributed by atoms with Gasteiger partial charge in [-0.3, -0.25) is 4.79 Å². The van der Waals surface area contributed by atoms with E-state index in [1.54, 1.807) is 14.0 Å². The molecule has 0 radical (unpaired) electrons. The maximum absolute atomic E-state index is 11.0. The Bertz CT molecular complexity index is 633. The molecular weight excluding hydrogens is 298 g/mol. The number of hydrogen-bond donors (Lipinski definition) is 1. The van der Waals surface area contributed by atoms with E-state index in [1.807, 2.05) is 31.2 Å². The molecule has 1 unspecified atom stereocenters. The fourth-order valence-electron chi connectivity index (χ4n) is 1.82. The molecule has 0 spiro atoms. The normalized spacial score (nSPS) is 11.8. The average Bonchev–Trinajstić information content (AvgIpc) is 2.38. The van der Waals surface area contributed by atoms with Gasteiger partial charge in [0.2, 0.25) is 5.52 Å². The number of halogens is 1. The molecule has 0 bridgehead atoms. The Hall–Kier alpha value is -1.46. The van der Waals surface area contributed by atoms with Gasteiger partial charge >= 0.3 is 5.97 Å². The maximum Gasteiger partial charge on any atom is 0.316 e. The number of ether oxygens (including phenoxy) is 1. The molecule has 0 saturated heterocycles. The van der Waals surface area contributed by atoms with Crippen LogP contribution in [0.1, 0.15) is 12.6 Å². The lowest BCUT2D eigenvalue weighted by Gasteiger charge is -2.08. The number of carboxylic acid groups (broad SMARTS) is 1. The second kappa shape index (κ2) is 6.81. The van der Waals surface area contributed by atoms with Crippen molar-refractivity contribution < 1.29 is 32.0 Å². The van der Waals surface area contributed by atoms with E-state index < -0.39 is 11.2 Å². The summed E-state index contributed by atoms with van der Waals surface area (Å²) in [6.45, 7) is 3.64. The molecule has 2 N–H and O–H groups in total. The maximum atomic E-state index is 11.0. The van der Waals surface area contributed by atoms with Gasteiger partial charge in [-0.25, -0.2) is 4.98 Å². The fourth-order valence-corrected chi connectivity index (χ4v) is 2.85. The van der Waals surface area contributed by atoms with Gasteiger partial charge in [-0.15, -0.1) is 11.8 Å². The Morgan fingerprint density at radius 3 is 2.70 bits per heavy atom. The predicted molar refractivity (Wildman–Crippen MR) is 74.7 cm³/mol. The van der Waals surface area contributed by atoms with Crippen LogP contribution in [0.25, 0.3) is 10.9 Å². The van der Waals surface area contributed by atoms with Crippen LogP contribution >= 0.6 is 11.8 Å². The Balaban J connectivity index is 0.00000200. The number of aromatic amines is 1. The number of benzene rings is 1. The minimum Gasteiger partial charge on any atom is -1.00 e. The second-order valence-electron chi connectivity index (χ2n) is 4.33. The largest absolute Gasteiger partial charge is 1.00 e. The molecule has 20 heavy (non-hydrogen) atoms. The zero-order chi connectivity index (χ0) is 14.0. The highest BCUT2D eigenvalue weighted by Crippen LogP contribution is 2.31. The number of hydrogen-bond acceptors (Lipinski definition) is 3. The van der Waals surface area contributed by atoms with Crippen LogP contribution in [-0.4, -0.2) is 23.4 Å². The minimum atomic E-state index is -0.813. The lowest BCUT2D eigenvalue weighted by Crippen LogP contribution is -3.00. The first-order valence-corrected chi connectivity index (χ1v) is 6.79. The first kappa shape index (κ1) is 16.6. The molecule has 108 valence electrons. The monoisotopic (exact) mass is 313 g/mol. The molecule has 0 aliphatic heterocycles. The zero-order valence-electron chi connectivity index (χ0n) is 11.4. The molecule has 4 nitrogen and oxygen atoms in total. The number of rotatable bonds is 4. The number of nitrogens with one attached hydrogen (secondary N) is 1. The van der Waals surface area contributed by atoms with Crippen LogP contribution in [0, 0.1) is 6.92 Å². The first-order valence-electron chi connectivity index (χ1n) is 5.91. The number of carbonyl (C=O) groups is 1. The topological polar surface area (TPSA) is 60.7 Å². The third-order valence-corrected chi connectivity index (χ3v) is 3.97. The number of fused-ring (bicyclic) bond motifs is 1. The van der Waals surface area contributed by atoms with E-state index in [1.165, 1.54) is 11.8 Å². The number of H-pyrrole nitrogens is 1. The molecule has 1 aromatic heterocycles. The summed E-state index contributed by atoms with van der Waals surface area (Å²) in [6.07, 6.45) is 0. The van der Waals surface area contributed by atoms with Crippen LogP contribution in [-0.2, 0) is 4.79 Å². The van der Waals surface area contributed by atoms with Crippen molar-refractivity contribution in [2.75, 3.05) is 7.11 Å². The van der Waals surface area contributed by atoms with Gasteiger partial charge in [0.15, 0.2) is 5.69 Å². The van der Waals surface area contributed by atoms with E-state index in [-0.39, 0.29) is 12.4 Å². The van der Waals surface area contributed by atoms with Crippen molar-refractivity contribution in [1.29, 1.82) is 0 Å². The Morgan fingerprint density at radius 2 is 2.10 bits per heavy atom. The van der Waals surface area contributed by atoms with Crippen LogP contribution in [0.15, 0.2) is 29.2 Å². The third-order valence-electron chi connectivity index (χ3n) is 2.82. The number of aryl methyl sites for hydroxylation is 1. The van der Waals surface area contributed by atoms with Crippen molar-refractivity contribution in [3.8, 4) is 5.75 Å². The fraction of sp³-hybridized carbons (Fsp3) is 0.286. The molecule has 0 fully saturated rings. The highest BCUT2D eigenvalue weighted by atomic mass is 35.5. The van der Waals surface area contributed by atoms with E-state index in [4.69, 9.17) is 9.84 Å². The molecule has 2 aromatic rings. The smallest absolute Gasteiger partial charge is 0.316 e. The van der Waals surface area contributed by atoms with Crippen LogP contribution in [0.3, 0.4) is 0 Å². The van der Waals surface area contributed by atoms with Crippen LogP contribution in [0.5, 0.6) is 5.75 Å². The molecule has 1 aromatic carbocycles. The Kier molecular flexibility index (Phi) is 5.65. The second-order valence-corrected chi connectivity index (χ2v) is 5.71. The van der Waals surface area contributed by atoms with E-state index in [9.17, 15) is 4.79 Å². The number of aliphatic carboxylic acids is 1. The van der Waals surface area contributed by atoms with Gasteiger partial charge in [0.1, 0.15) is 11.0 Å². The minimum absolute atomic E-state index is 0. The summed E-state index contributed by atoms with van der Waals surface area (Å²) >= 11 is 1.34. The van der Waals surface area contributed by atoms with Gasteiger partial charge in [0.05, 0.1) is 12.5 Å². The van der Waals surface area contributed by atoms with E-state index in [0.717, 1.165) is 27.2 Å². The molecule has 6 heteroatoms. The molecule has 0 saturated carbocycles. The molecule has 1 atom stereocenters. The zero-order valence-corrected chi connectivity index (χ0v) is 13.0. The number of aromatic nitrogens is 1. The van der Waals surface area contributed by atoms with Crippen LogP contribution in [0.4, 0.5) is 0 Å². The standard InChI is InChI=1S/C14H15NO3S.ClH/c1-8-6-13(19-9(2)14(16)17)11-7-10(18-3)4-5-12(11)15-8;/h4-7,9H,1-3H3,(H,16,17);1H. The Labute approximate surface area is 128 Å². The number of methoxy groups -OCH3 is 1. The van der Waals surface area contributed by atoms with Gasteiger partial charge in [-0.05, 0) is 19.1 Å². The van der Waals surface area contributed by atoms with Crippen molar-refractivity contribution >= 4 is 28.6 Å². The van der Waals surface area contributed by atoms with Gasteiger partial charge in [0.25, 0.3) is 0 Å². The van der Waals surface area contributed by atoms with Gasteiger partial charge < -0.3 is 22.3 Å². The van der Waals surface area contributed by atoms with Gasteiger partial charge in [-0.2, -0.15) is 0 Å². The number of pyridine rings is 1. The van der Waals surface area contributed by atoms with E-state index in [0.29, 0.717) is 0 Å². The van der Waals surface area contributed by atoms with Crippen molar-refractivity contribution in [3.63, 3.8) is 0 Å². The summed E-state index contributed by atoms with van der Waals surface area (Å²) in [5.74, 6) is -0.0545. The highest BCUT2D eigenvalue weighted by Gasteiger charge is 2.17. The number of carboxylic acids is 1. The van der Waals surface area contributed by atoms with Gasteiger partial charge in [-0.1, -0.05) is 0 Å². The highest BCUT2D eigenvalue weighted by molar-refractivity contribution is 8.00. The Morgan fingerprint density at radius 1 is 1.40 bits per heavy atom. The van der Waals surface area contributed by atoms with Crippen LogP contribution in [0.2, 0.25) is 0 Å². The summed E-state index contributed by atoms with van der Waals surface area (Å²) in [5.41, 5.74) is 1.97. The lowest BCUT2D eigenvalue weighted by atomic mass is 10.2. The van der Waals surface area contributed by atoms with Crippen molar-refractivity contribution in [2.24, 2.45) is 0 Å². The first-order chi connectivity index (χ1) is 9.01. The van der Waals surface area contributed by atoms with E-state index >= 15 is 0 Å². The quantitative estimate of drug-likeness (QED) is 0.776. The average molecular weight is 314 g/mol. The molecule has 0 aliphatic carbocycles. The van der Waals surface area contributed by atoms with Gasteiger partial charge in [0, 0.05) is 24.0 Å². The summed E-state index contributed by atoms with van der Waals surface area (Å²) < 4.78 is 5.22. The SMILES string of the molecule is COc1ccc2[nH+]c(C)cc(SC(C)C(=O)O)c2c1.[Cl-]. The van der Waals surface area contributed by atoms with Crippen molar-refractivity contribution in [2.45, 2.75) is 24.0 Å². The van der Waals surface area contributed by atoms with Crippen LogP contribution < -0.4 is 22.1 Å². The summed E-state index contributed by atoms with van der Waals surface area (Å²) in [5, 5.41) is 9.52.